The van der Waals surface area contributed by atoms with E-state index >= 15 is 0 Å². The fourth-order valence-corrected chi connectivity index (χ4v) is 3.11. The van der Waals surface area contributed by atoms with E-state index in [4.69, 9.17) is 0 Å². The molecule has 0 saturated heterocycles. The smallest absolute Gasteiger partial charge is 0.0456 e. The Morgan fingerprint density at radius 2 is 1.43 bits per heavy atom. The monoisotopic (exact) mass is 274 g/mol. The van der Waals surface area contributed by atoms with E-state index in [-0.39, 0.29) is 0 Å². The quantitative estimate of drug-likeness (QED) is 0.540. The van der Waals surface area contributed by atoms with E-state index < -0.39 is 0 Å². The van der Waals surface area contributed by atoms with Gasteiger partial charge in [0, 0.05) is 34.2 Å². The predicted molar refractivity (Wildman–Crippen MR) is 88.7 cm³/mol. The van der Waals surface area contributed by atoms with Crippen molar-refractivity contribution < 1.29 is 0 Å². The lowest BCUT2D eigenvalue weighted by Gasteiger charge is -2.01. The maximum Gasteiger partial charge on any atom is 0.0456 e. The highest BCUT2D eigenvalue weighted by atomic mass is 14.7. The van der Waals surface area contributed by atoms with Crippen molar-refractivity contribution in [2.75, 3.05) is 0 Å². The maximum absolute atomic E-state index is 3.37. The van der Waals surface area contributed by atoms with Crippen LogP contribution < -0.4 is 0 Å². The zero-order valence-corrected chi connectivity index (χ0v) is 12.1. The van der Waals surface area contributed by atoms with Crippen molar-refractivity contribution in [2.45, 2.75) is 19.8 Å². The molecule has 4 aromatic rings. The molecule has 2 heterocycles. The van der Waals surface area contributed by atoms with E-state index in [9.17, 15) is 0 Å². The summed E-state index contributed by atoms with van der Waals surface area (Å²) < 4.78 is 0. The largest absolute Gasteiger partial charge is 0.361 e. The second-order valence-electron chi connectivity index (χ2n) is 5.72. The van der Waals surface area contributed by atoms with Crippen molar-refractivity contribution >= 4 is 21.8 Å². The molecule has 0 aliphatic carbocycles. The van der Waals surface area contributed by atoms with Gasteiger partial charge in [-0.1, -0.05) is 29.8 Å². The fraction of sp³-hybridized carbons (Fsp3) is 0.158. The van der Waals surface area contributed by atoms with Crippen molar-refractivity contribution in [3.8, 4) is 0 Å². The number of hydrogen-bond donors (Lipinski definition) is 2. The van der Waals surface area contributed by atoms with Gasteiger partial charge in [-0.2, -0.15) is 0 Å². The first-order valence-corrected chi connectivity index (χ1v) is 7.43. The van der Waals surface area contributed by atoms with Gasteiger partial charge in [0.15, 0.2) is 0 Å². The average molecular weight is 274 g/mol. The lowest BCUT2D eigenvalue weighted by molar-refractivity contribution is 0.976. The Hall–Kier alpha value is -2.48. The number of aromatic nitrogens is 2. The molecular formula is C19H18N2. The summed E-state index contributed by atoms with van der Waals surface area (Å²) in [6, 6.07) is 15.1. The van der Waals surface area contributed by atoms with Crippen molar-refractivity contribution in [1.82, 2.24) is 9.97 Å². The van der Waals surface area contributed by atoms with Crippen LogP contribution in [0.5, 0.6) is 0 Å². The van der Waals surface area contributed by atoms with Crippen molar-refractivity contribution in [1.29, 1.82) is 0 Å². The molecule has 0 spiro atoms. The summed E-state index contributed by atoms with van der Waals surface area (Å²) in [4.78, 5) is 6.73. The Labute approximate surface area is 123 Å². The molecule has 2 aromatic heterocycles. The molecule has 2 aromatic carbocycles. The highest BCUT2D eigenvalue weighted by Crippen LogP contribution is 2.23. The summed E-state index contributed by atoms with van der Waals surface area (Å²) in [6.45, 7) is 2.15. The predicted octanol–water partition coefficient (Wildman–Crippen LogP) is 4.74. The van der Waals surface area contributed by atoms with Crippen molar-refractivity contribution in [3.63, 3.8) is 0 Å². The summed E-state index contributed by atoms with van der Waals surface area (Å²) in [5.41, 5.74) is 6.57. The standard InChI is InChI=1S/C19H18N2/c1-13-6-9-19-17(10-13)15(12-21-19)8-7-14-11-20-18-5-3-2-4-16(14)18/h2-6,9-12,20-21H,7-8H2,1H3. The number of fused-ring (bicyclic) bond motifs is 2. The van der Waals surface area contributed by atoms with Crippen LogP contribution >= 0.6 is 0 Å². The highest BCUT2D eigenvalue weighted by Gasteiger charge is 2.07. The third-order valence-electron chi connectivity index (χ3n) is 4.26. The molecule has 4 rings (SSSR count). The SMILES string of the molecule is Cc1ccc2[nH]cc(CCc3c[nH]c4ccccc34)c2c1. The first-order chi connectivity index (χ1) is 10.3. The van der Waals surface area contributed by atoms with Crippen LogP contribution in [0.3, 0.4) is 0 Å². The molecular weight excluding hydrogens is 256 g/mol. The number of hydrogen-bond acceptors (Lipinski definition) is 0. The van der Waals surface area contributed by atoms with Crippen LogP contribution in [0.25, 0.3) is 21.8 Å². The minimum absolute atomic E-state index is 1.06. The molecule has 0 aliphatic rings. The lowest BCUT2D eigenvalue weighted by atomic mass is 10.0. The van der Waals surface area contributed by atoms with Crippen molar-refractivity contribution in [2.24, 2.45) is 0 Å². The Kier molecular flexibility index (Phi) is 2.81. The summed E-state index contributed by atoms with van der Waals surface area (Å²) in [6.07, 6.45) is 6.42. The average Bonchev–Trinajstić information content (AvgIpc) is 3.09. The molecule has 2 N–H and O–H groups in total. The number of aryl methyl sites for hydroxylation is 3. The van der Waals surface area contributed by atoms with E-state index in [0.29, 0.717) is 0 Å². The van der Waals surface area contributed by atoms with Crippen LogP contribution in [0, 0.1) is 6.92 Å². The van der Waals surface area contributed by atoms with Gasteiger partial charge in [0.2, 0.25) is 0 Å². The van der Waals surface area contributed by atoms with E-state index in [2.05, 4.69) is 71.7 Å². The van der Waals surface area contributed by atoms with E-state index in [0.717, 1.165) is 12.8 Å². The molecule has 0 fully saturated rings. The Morgan fingerprint density at radius 3 is 2.24 bits per heavy atom. The Bertz CT molecular complexity index is 912. The number of nitrogens with one attached hydrogen (secondary N) is 2. The molecule has 0 atom stereocenters. The van der Waals surface area contributed by atoms with Gasteiger partial charge in [-0.15, -0.1) is 0 Å². The van der Waals surface area contributed by atoms with Gasteiger partial charge in [-0.3, -0.25) is 0 Å². The zero-order valence-electron chi connectivity index (χ0n) is 12.1. The van der Waals surface area contributed by atoms with Gasteiger partial charge in [-0.05, 0) is 49.1 Å². The highest BCUT2D eigenvalue weighted by molar-refractivity contribution is 5.85. The van der Waals surface area contributed by atoms with Gasteiger partial charge >= 0.3 is 0 Å². The summed E-state index contributed by atoms with van der Waals surface area (Å²) in [5.74, 6) is 0. The molecule has 0 saturated carbocycles. The minimum Gasteiger partial charge on any atom is -0.361 e. The van der Waals surface area contributed by atoms with Gasteiger partial charge in [0.1, 0.15) is 0 Å². The molecule has 0 radical (unpaired) electrons. The normalized spacial score (nSPS) is 11.5. The molecule has 2 heteroatoms. The first-order valence-electron chi connectivity index (χ1n) is 7.43. The third kappa shape index (κ3) is 2.13. The second-order valence-corrected chi connectivity index (χ2v) is 5.72. The number of rotatable bonds is 3. The number of benzene rings is 2. The minimum atomic E-state index is 1.06. The van der Waals surface area contributed by atoms with Crippen LogP contribution in [-0.4, -0.2) is 9.97 Å². The van der Waals surface area contributed by atoms with E-state index in [1.54, 1.807) is 0 Å². The molecule has 104 valence electrons. The number of para-hydroxylation sites is 1. The summed E-state index contributed by atoms with van der Waals surface area (Å²) >= 11 is 0. The maximum atomic E-state index is 3.37. The molecule has 0 aliphatic heterocycles. The second kappa shape index (κ2) is 4.81. The third-order valence-corrected chi connectivity index (χ3v) is 4.26. The first kappa shape index (κ1) is 12.3. The van der Waals surface area contributed by atoms with Gasteiger partial charge in [-0.25, -0.2) is 0 Å². The molecule has 0 unspecified atom stereocenters. The lowest BCUT2D eigenvalue weighted by Crippen LogP contribution is -1.89. The fourth-order valence-electron chi connectivity index (χ4n) is 3.11. The van der Waals surface area contributed by atoms with Gasteiger partial charge in [0.25, 0.3) is 0 Å². The van der Waals surface area contributed by atoms with Crippen LogP contribution in [0.4, 0.5) is 0 Å². The zero-order chi connectivity index (χ0) is 14.2. The Morgan fingerprint density at radius 1 is 0.762 bits per heavy atom. The van der Waals surface area contributed by atoms with Crippen LogP contribution in [-0.2, 0) is 12.8 Å². The Balaban J connectivity index is 1.65. The molecule has 0 amide bonds. The van der Waals surface area contributed by atoms with Crippen LogP contribution in [0.1, 0.15) is 16.7 Å². The molecule has 0 bridgehead atoms. The summed E-state index contributed by atoms with van der Waals surface area (Å²) in [5, 5.41) is 2.70. The topological polar surface area (TPSA) is 31.6 Å². The number of aromatic amines is 2. The van der Waals surface area contributed by atoms with Gasteiger partial charge in [0.05, 0.1) is 0 Å². The van der Waals surface area contributed by atoms with Crippen molar-refractivity contribution in [3.05, 3.63) is 71.5 Å². The van der Waals surface area contributed by atoms with E-state index in [1.165, 1.54) is 38.5 Å². The number of H-pyrrole nitrogens is 2. The van der Waals surface area contributed by atoms with Crippen LogP contribution in [0.15, 0.2) is 54.9 Å². The van der Waals surface area contributed by atoms with Gasteiger partial charge < -0.3 is 9.97 Å². The molecule has 21 heavy (non-hydrogen) atoms. The van der Waals surface area contributed by atoms with E-state index in [1.807, 2.05) is 0 Å². The van der Waals surface area contributed by atoms with Crippen LogP contribution in [0.2, 0.25) is 0 Å². The molecule has 2 nitrogen and oxygen atoms in total. The summed E-state index contributed by atoms with van der Waals surface area (Å²) in [7, 11) is 0.